The lowest BCUT2D eigenvalue weighted by molar-refractivity contribution is -0.122. The SMILES string of the molecule is O=C(Cc1cnccn1)C(CC1CCOCC1)n1ncc2c(S(=O)(=O)C3CC3)cncc21. The Morgan fingerprint density at radius 1 is 1.06 bits per heavy atom. The van der Waals surface area contributed by atoms with E-state index in [2.05, 4.69) is 20.1 Å². The van der Waals surface area contributed by atoms with Crippen molar-refractivity contribution in [2.24, 2.45) is 5.92 Å². The summed E-state index contributed by atoms with van der Waals surface area (Å²) in [5.41, 5.74) is 1.16. The Morgan fingerprint density at radius 2 is 1.88 bits per heavy atom. The van der Waals surface area contributed by atoms with Crippen molar-refractivity contribution in [1.29, 1.82) is 0 Å². The zero-order chi connectivity index (χ0) is 22.1. The van der Waals surface area contributed by atoms with Gasteiger partial charge in [-0.2, -0.15) is 5.10 Å². The van der Waals surface area contributed by atoms with Crippen LogP contribution in [-0.2, 0) is 25.8 Å². The summed E-state index contributed by atoms with van der Waals surface area (Å²) in [5.74, 6) is 0.294. The van der Waals surface area contributed by atoms with E-state index >= 15 is 0 Å². The van der Waals surface area contributed by atoms with Gasteiger partial charge < -0.3 is 4.74 Å². The topological polar surface area (TPSA) is 117 Å². The largest absolute Gasteiger partial charge is 0.381 e. The third-order valence-corrected chi connectivity index (χ3v) is 8.58. The van der Waals surface area contributed by atoms with Crippen LogP contribution in [0.25, 0.3) is 10.9 Å². The minimum absolute atomic E-state index is 0.0301. The van der Waals surface area contributed by atoms with Gasteiger partial charge in [0.2, 0.25) is 0 Å². The molecule has 0 aromatic carbocycles. The quantitative estimate of drug-likeness (QED) is 0.508. The van der Waals surface area contributed by atoms with Crippen molar-refractivity contribution in [3.05, 3.63) is 42.9 Å². The first-order valence-electron chi connectivity index (χ1n) is 10.9. The molecule has 1 saturated carbocycles. The summed E-state index contributed by atoms with van der Waals surface area (Å²) in [5, 5.41) is 4.69. The highest BCUT2D eigenvalue weighted by atomic mass is 32.2. The number of fused-ring (bicyclic) bond motifs is 1. The average Bonchev–Trinajstić information content (AvgIpc) is 3.59. The number of sulfone groups is 1. The highest BCUT2D eigenvalue weighted by Gasteiger charge is 2.38. The molecule has 168 valence electrons. The summed E-state index contributed by atoms with van der Waals surface area (Å²) in [6.07, 6.45) is 13.1. The lowest BCUT2D eigenvalue weighted by Gasteiger charge is -2.26. The number of pyridine rings is 1. The second kappa shape index (κ2) is 8.67. The minimum atomic E-state index is -3.44. The molecule has 32 heavy (non-hydrogen) atoms. The van der Waals surface area contributed by atoms with Crippen LogP contribution >= 0.6 is 0 Å². The van der Waals surface area contributed by atoms with E-state index in [0.717, 1.165) is 12.8 Å². The molecule has 5 rings (SSSR count). The monoisotopic (exact) mass is 455 g/mol. The summed E-state index contributed by atoms with van der Waals surface area (Å²) in [7, 11) is -3.44. The van der Waals surface area contributed by atoms with Crippen molar-refractivity contribution >= 4 is 26.5 Å². The Labute approximate surface area is 186 Å². The Kier molecular flexibility index (Phi) is 5.73. The first-order chi connectivity index (χ1) is 15.5. The summed E-state index contributed by atoms with van der Waals surface area (Å²) in [6.45, 7) is 1.36. The van der Waals surface area contributed by atoms with Gasteiger partial charge in [0.15, 0.2) is 15.6 Å². The number of ketones is 1. The van der Waals surface area contributed by atoms with Gasteiger partial charge in [0.05, 0.1) is 40.2 Å². The van der Waals surface area contributed by atoms with Crippen molar-refractivity contribution in [2.45, 2.75) is 54.7 Å². The van der Waals surface area contributed by atoms with E-state index in [1.165, 1.54) is 6.20 Å². The molecule has 0 N–H and O–H groups in total. The predicted molar refractivity (Wildman–Crippen MR) is 116 cm³/mol. The minimum Gasteiger partial charge on any atom is -0.381 e. The first-order valence-corrected chi connectivity index (χ1v) is 12.5. The molecule has 1 saturated heterocycles. The average molecular weight is 456 g/mol. The Balaban J connectivity index is 1.52. The van der Waals surface area contributed by atoms with Gasteiger partial charge >= 0.3 is 0 Å². The highest BCUT2D eigenvalue weighted by molar-refractivity contribution is 7.92. The van der Waals surface area contributed by atoms with Crippen molar-refractivity contribution in [3.63, 3.8) is 0 Å². The fourth-order valence-corrected chi connectivity index (χ4v) is 6.14. The molecule has 3 aromatic heterocycles. The third kappa shape index (κ3) is 4.16. The van der Waals surface area contributed by atoms with E-state index < -0.39 is 15.9 Å². The number of ether oxygens (including phenoxy) is 1. The summed E-state index contributed by atoms with van der Waals surface area (Å²) < 4.78 is 32.9. The smallest absolute Gasteiger partial charge is 0.183 e. The van der Waals surface area contributed by atoms with E-state index in [4.69, 9.17) is 4.74 Å². The second-order valence-corrected chi connectivity index (χ2v) is 10.7. The summed E-state index contributed by atoms with van der Waals surface area (Å²) in [6, 6.07) is -0.543. The van der Waals surface area contributed by atoms with Crippen molar-refractivity contribution in [3.8, 4) is 0 Å². The van der Waals surface area contributed by atoms with Gasteiger partial charge in [-0.3, -0.25) is 24.4 Å². The molecule has 4 heterocycles. The van der Waals surface area contributed by atoms with Gasteiger partial charge in [-0.25, -0.2) is 8.42 Å². The van der Waals surface area contributed by atoms with Crippen LogP contribution in [0.1, 0.15) is 43.8 Å². The van der Waals surface area contributed by atoms with Gasteiger partial charge in [0.25, 0.3) is 0 Å². The van der Waals surface area contributed by atoms with Crippen LogP contribution in [0, 0.1) is 5.92 Å². The van der Waals surface area contributed by atoms with Crippen LogP contribution in [0.3, 0.4) is 0 Å². The zero-order valence-electron chi connectivity index (χ0n) is 17.6. The van der Waals surface area contributed by atoms with Gasteiger partial charge in [-0.15, -0.1) is 0 Å². The molecule has 1 unspecified atom stereocenters. The molecule has 0 bridgehead atoms. The molecule has 9 nitrogen and oxygen atoms in total. The molecule has 1 aliphatic carbocycles. The fraction of sp³-hybridized carbons (Fsp3) is 0.500. The van der Waals surface area contributed by atoms with Crippen molar-refractivity contribution in [1.82, 2.24) is 24.7 Å². The molecule has 3 aromatic rings. The van der Waals surface area contributed by atoms with Crippen LogP contribution in [-0.4, -0.2) is 57.4 Å². The number of carbonyl (C=O) groups is 1. The number of nitrogens with zero attached hydrogens (tertiary/aromatic N) is 5. The Bertz CT molecular complexity index is 1220. The number of aromatic nitrogens is 5. The fourth-order valence-electron chi connectivity index (χ4n) is 4.35. The molecule has 1 aliphatic heterocycles. The molecule has 2 aliphatic rings. The van der Waals surface area contributed by atoms with Crippen LogP contribution in [0.2, 0.25) is 0 Å². The Hall–Kier alpha value is -2.72. The molecular formula is C22H25N5O4S. The maximum Gasteiger partial charge on any atom is 0.183 e. The molecule has 1 atom stereocenters. The summed E-state index contributed by atoms with van der Waals surface area (Å²) >= 11 is 0. The number of hydrogen-bond acceptors (Lipinski definition) is 8. The van der Waals surface area contributed by atoms with E-state index in [0.29, 0.717) is 55.0 Å². The zero-order valence-corrected chi connectivity index (χ0v) is 18.4. The van der Waals surface area contributed by atoms with E-state index in [1.807, 2.05) is 0 Å². The van der Waals surface area contributed by atoms with Crippen LogP contribution < -0.4 is 0 Å². The number of rotatable bonds is 8. The van der Waals surface area contributed by atoms with Gasteiger partial charge in [-0.1, -0.05) is 0 Å². The predicted octanol–water partition coefficient (Wildman–Crippen LogP) is 2.33. The number of carbonyl (C=O) groups excluding carboxylic acids is 1. The van der Waals surface area contributed by atoms with Gasteiger partial charge in [-0.05, 0) is 38.0 Å². The maximum absolute atomic E-state index is 13.4. The standard InChI is InChI=1S/C22H25N5O4S/c28-21(10-16-11-23-5-6-25-16)19(9-15-3-7-31-8-4-15)27-20-13-24-14-22(18(20)12-26-27)32(29,30)17-1-2-17/h5-6,11-15,17,19H,1-4,7-10H2. The molecule has 0 spiro atoms. The summed E-state index contributed by atoms with van der Waals surface area (Å²) in [4.78, 5) is 26.1. The lowest BCUT2D eigenvalue weighted by atomic mass is 9.90. The van der Waals surface area contributed by atoms with E-state index in [1.54, 1.807) is 35.7 Å². The number of hydrogen-bond donors (Lipinski definition) is 0. The van der Waals surface area contributed by atoms with Crippen LogP contribution in [0.15, 0.2) is 42.1 Å². The van der Waals surface area contributed by atoms with Gasteiger partial charge in [0, 0.05) is 43.4 Å². The van der Waals surface area contributed by atoms with E-state index in [9.17, 15) is 13.2 Å². The second-order valence-electron chi connectivity index (χ2n) is 8.55. The lowest BCUT2D eigenvalue weighted by Crippen LogP contribution is -2.27. The molecule has 2 fully saturated rings. The third-order valence-electron chi connectivity index (χ3n) is 6.29. The van der Waals surface area contributed by atoms with Crippen molar-refractivity contribution in [2.75, 3.05) is 13.2 Å². The van der Waals surface area contributed by atoms with Crippen LogP contribution in [0.4, 0.5) is 0 Å². The molecule has 10 heteroatoms. The van der Waals surface area contributed by atoms with Gasteiger partial charge in [0.1, 0.15) is 6.04 Å². The van der Waals surface area contributed by atoms with Crippen LogP contribution in [0.5, 0.6) is 0 Å². The normalized spacial score (nSPS) is 18.6. The molecule has 0 amide bonds. The molecule has 0 radical (unpaired) electrons. The Morgan fingerprint density at radius 3 is 2.59 bits per heavy atom. The van der Waals surface area contributed by atoms with Crippen molar-refractivity contribution < 1.29 is 17.9 Å². The first kappa shape index (κ1) is 21.1. The number of Topliss-reactive ketones (excluding diaryl/α,β-unsaturated/α-hetero) is 1. The van der Waals surface area contributed by atoms with E-state index in [-0.39, 0.29) is 22.3 Å². The maximum atomic E-state index is 13.4. The highest BCUT2D eigenvalue weighted by Crippen LogP contribution is 2.37. The molecular weight excluding hydrogens is 430 g/mol.